The van der Waals surface area contributed by atoms with Crippen LogP contribution in [-0.4, -0.2) is 23.7 Å². The van der Waals surface area contributed by atoms with Gasteiger partial charge in [-0.05, 0) is 43.5 Å². The van der Waals surface area contributed by atoms with Crippen LogP contribution in [0.2, 0.25) is 5.02 Å². The summed E-state index contributed by atoms with van der Waals surface area (Å²) >= 11 is 5.88. The second kappa shape index (κ2) is 6.29. The third kappa shape index (κ3) is 3.87. The van der Waals surface area contributed by atoms with Crippen molar-refractivity contribution in [3.05, 3.63) is 29.3 Å². The monoisotopic (exact) mass is 281 g/mol. The van der Waals surface area contributed by atoms with Gasteiger partial charge in [-0.15, -0.1) is 0 Å². The molecule has 3 nitrogen and oxygen atoms in total. The zero-order valence-electron chi connectivity index (χ0n) is 11.2. The zero-order chi connectivity index (χ0) is 13.8. The van der Waals surface area contributed by atoms with Gasteiger partial charge in [0.15, 0.2) is 0 Å². The highest BCUT2D eigenvalue weighted by atomic mass is 35.5. The Morgan fingerprint density at radius 3 is 2.53 bits per heavy atom. The van der Waals surface area contributed by atoms with Gasteiger partial charge in [0.1, 0.15) is 6.54 Å². The molecule has 1 unspecified atom stereocenters. The number of aliphatic carboxylic acids is 1. The second-order valence-corrected chi connectivity index (χ2v) is 5.82. The summed E-state index contributed by atoms with van der Waals surface area (Å²) in [5.74, 6) is -0.0333. The molecule has 0 aliphatic heterocycles. The van der Waals surface area contributed by atoms with E-state index in [-0.39, 0.29) is 12.6 Å². The lowest BCUT2D eigenvalue weighted by molar-refractivity contribution is -0.135. The average Bonchev–Trinajstić information content (AvgIpc) is 2.31. The van der Waals surface area contributed by atoms with E-state index in [0.717, 1.165) is 18.0 Å². The Hall–Kier alpha value is -1.22. The molecule has 0 amide bonds. The molecule has 1 N–H and O–H groups in total. The first-order valence-electron chi connectivity index (χ1n) is 6.80. The number of carbonyl (C=O) groups is 1. The molecule has 2 rings (SSSR count). The van der Waals surface area contributed by atoms with Gasteiger partial charge in [0, 0.05) is 16.8 Å². The standard InChI is InChI=1S/C15H20ClNO2/c1-11(9-12-3-2-4-12)17(10-15(18)19)14-7-5-13(16)6-8-14/h5-8,11-12H,2-4,9-10H2,1H3,(H,18,19). The van der Waals surface area contributed by atoms with E-state index in [1.807, 2.05) is 29.2 Å². The number of halogens is 1. The van der Waals surface area contributed by atoms with Crippen LogP contribution >= 0.6 is 11.6 Å². The van der Waals surface area contributed by atoms with Crippen molar-refractivity contribution in [3.63, 3.8) is 0 Å². The van der Waals surface area contributed by atoms with Crippen molar-refractivity contribution >= 4 is 23.3 Å². The fourth-order valence-electron chi connectivity index (χ4n) is 2.62. The first-order valence-corrected chi connectivity index (χ1v) is 7.18. The van der Waals surface area contributed by atoms with Crippen molar-refractivity contribution in [2.45, 2.75) is 38.6 Å². The maximum Gasteiger partial charge on any atom is 0.323 e. The number of rotatable bonds is 6. The molecule has 1 atom stereocenters. The smallest absolute Gasteiger partial charge is 0.323 e. The SMILES string of the molecule is CC(CC1CCC1)N(CC(=O)O)c1ccc(Cl)cc1. The Labute approximate surface area is 119 Å². The van der Waals surface area contributed by atoms with Gasteiger partial charge in [-0.2, -0.15) is 0 Å². The number of carboxylic acids is 1. The van der Waals surface area contributed by atoms with Crippen molar-refractivity contribution in [1.82, 2.24) is 0 Å². The van der Waals surface area contributed by atoms with Gasteiger partial charge in [-0.1, -0.05) is 30.9 Å². The van der Waals surface area contributed by atoms with Crippen LogP contribution < -0.4 is 4.90 Å². The van der Waals surface area contributed by atoms with E-state index >= 15 is 0 Å². The van der Waals surface area contributed by atoms with Crippen molar-refractivity contribution in [1.29, 1.82) is 0 Å². The molecule has 1 aliphatic rings. The third-order valence-corrected chi connectivity index (χ3v) is 4.15. The highest BCUT2D eigenvalue weighted by Gasteiger charge is 2.24. The number of nitrogens with zero attached hydrogens (tertiary/aromatic N) is 1. The molecule has 104 valence electrons. The highest BCUT2D eigenvalue weighted by Crippen LogP contribution is 2.32. The van der Waals surface area contributed by atoms with Crippen molar-refractivity contribution < 1.29 is 9.90 Å². The third-order valence-electron chi connectivity index (χ3n) is 3.90. The van der Waals surface area contributed by atoms with Gasteiger partial charge < -0.3 is 10.0 Å². The summed E-state index contributed by atoms with van der Waals surface area (Å²) in [6.45, 7) is 2.14. The van der Waals surface area contributed by atoms with E-state index in [1.54, 1.807) is 0 Å². The number of anilines is 1. The van der Waals surface area contributed by atoms with Crippen LogP contribution in [0, 0.1) is 5.92 Å². The van der Waals surface area contributed by atoms with Gasteiger partial charge in [0.25, 0.3) is 0 Å². The van der Waals surface area contributed by atoms with Crippen LogP contribution in [0.4, 0.5) is 5.69 Å². The van der Waals surface area contributed by atoms with Gasteiger partial charge in [0.2, 0.25) is 0 Å². The molecule has 1 aliphatic carbocycles. The molecule has 0 saturated heterocycles. The first kappa shape index (κ1) is 14.2. The van der Waals surface area contributed by atoms with Gasteiger partial charge in [0.05, 0.1) is 0 Å². The Kier molecular flexibility index (Phi) is 4.70. The van der Waals surface area contributed by atoms with E-state index in [2.05, 4.69) is 6.92 Å². The molecule has 1 aromatic carbocycles. The van der Waals surface area contributed by atoms with Crippen LogP contribution in [0.3, 0.4) is 0 Å². The summed E-state index contributed by atoms with van der Waals surface area (Å²) in [7, 11) is 0. The summed E-state index contributed by atoms with van der Waals surface area (Å²) in [5.41, 5.74) is 0.929. The van der Waals surface area contributed by atoms with Crippen LogP contribution in [-0.2, 0) is 4.79 Å². The molecule has 19 heavy (non-hydrogen) atoms. The molecule has 4 heteroatoms. The fraction of sp³-hybridized carbons (Fsp3) is 0.533. The molecule has 1 aromatic rings. The molecule has 1 fully saturated rings. The van der Waals surface area contributed by atoms with Crippen molar-refractivity contribution in [3.8, 4) is 0 Å². The van der Waals surface area contributed by atoms with Crippen molar-refractivity contribution in [2.75, 3.05) is 11.4 Å². The maximum absolute atomic E-state index is 11.1. The van der Waals surface area contributed by atoms with Crippen LogP contribution in [0.15, 0.2) is 24.3 Å². The van der Waals surface area contributed by atoms with E-state index in [9.17, 15) is 4.79 Å². The maximum atomic E-state index is 11.1. The fourth-order valence-corrected chi connectivity index (χ4v) is 2.74. The summed E-state index contributed by atoms with van der Waals surface area (Å²) in [6.07, 6.45) is 4.95. The van der Waals surface area contributed by atoms with E-state index in [4.69, 9.17) is 16.7 Å². The number of hydrogen-bond donors (Lipinski definition) is 1. The van der Waals surface area contributed by atoms with Crippen LogP contribution in [0.25, 0.3) is 0 Å². The molecular weight excluding hydrogens is 262 g/mol. The predicted molar refractivity (Wildman–Crippen MR) is 77.9 cm³/mol. The van der Waals surface area contributed by atoms with Crippen LogP contribution in [0.1, 0.15) is 32.6 Å². The van der Waals surface area contributed by atoms with E-state index in [0.29, 0.717) is 5.02 Å². The zero-order valence-corrected chi connectivity index (χ0v) is 11.9. The van der Waals surface area contributed by atoms with Gasteiger partial charge >= 0.3 is 5.97 Å². The quantitative estimate of drug-likeness (QED) is 0.862. The van der Waals surface area contributed by atoms with Crippen LogP contribution in [0.5, 0.6) is 0 Å². The lowest BCUT2D eigenvalue weighted by atomic mass is 9.81. The Bertz CT molecular complexity index is 428. The number of benzene rings is 1. The summed E-state index contributed by atoms with van der Waals surface area (Å²) in [4.78, 5) is 13.0. The van der Waals surface area contributed by atoms with Gasteiger partial charge in [-0.3, -0.25) is 4.79 Å². The molecule has 1 saturated carbocycles. The molecule has 0 aromatic heterocycles. The minimum atomic E-state index is -0.796. The second-order valence-electron chi connectivity index (χ2n) is 5.38. The Morgan fingerprint density at radius 1 is 1.42 bits per heavy atom. The lowest BCUT2D eigenvalue weighted by Crippen LogP contribution is -2.39. The minimum absolute atomic E-state index is 0.0372. The molecule has 0 spiro atoms. The topological polar surface area (TPSA) is 40.5 Å². The van der Waals surface area contributed by atoms with Gasteiger partial charge in [-0.25, -0.2) is 0 Å². The number of carboxylic acid groups (broad SMARTS) is 1. The summed E-state index contributed by atoms with van der Waals surface area (Å²) < 4.78 is 0. The van der Waals surface area contributed by atoms with Crippen molar-refractivity contribution in [2.24, 2.45) is 5.92 Å². The summed E-state index contributed by atoms with van der Waals surface area (Å²) in [6, 6.07) is 7.64. The predicted octanol–water partition coefficient (Wildman–Crippen LogP) is 3.81. The lowest BCUT2D eigenvalue weighted by Gasteiger charge is -2.35. The molecule has 0 radical (unpaired) electrons. The Morgan fingerprint density at radius 2 is 2.05 bits per heavy atom. The first-order chi connectivity index (χ1) is 9.06. The summed E-state index contributed by atoms with van der Waals surface area (Å²) in [5, 5.41) is 9.76. The largest absolute Gasteiger partial charge is 0.480 e. The Balaban J connectivity index is 2.09. The normalized spacial score (nSPS) is 16.7. The average molecular weight is 282 g/mol. The molecule has 0 heterocycles. The van der Waals surface area contributed by atoms with E-state index < -0.39 is 5.97 Å². The number of hydrogen-bond acceptors (Lipinski definition) is 2. The molecular formula is C15H20ClNO2. The van der Waals surface area contributed by atoms with E-state index in [1.165, 1.54) is 19.3 Å². The molecule has 0 bridgehead atoms. The highest BCUT2D eigenvalue weighted by molar-refractivity contribution is 6.30. The minimum Gasteiger partial charge on any atom is -0.480 e.